The maximum absolute atomic E-state index is 15.0. The van der Waals surface area contributed by atoms with Crippen molar-refractivity contribution >= 4 is 44.9 Å². The molecule has 3 heterocycles. The van der Waals surface area contributed by atoms with Crippen LogP contribution in [0.25, 0.3) is 11.0 Å². The topological polar surface area (TPSA) is 207 Å². The molecule has 1 aromatic carbocycles. The maximum Gasteiger partial charge on any atom is 0.438 e. The Morgan fingerprint density at radius 2 is 1.63 bits per heavy atom. The number of methoxy groups -OCH3 is 2. The van der Waals surface area contributed by atoms with E-state index in [0.717, 1.165) is 18.1 Å². The van der Waals surface area contributed by atoms with E-state index in [4.69, 9.17) is 14.2 Å². The second-order valence-electron chi connectivity index (χ2n) is 17.7. The van der Waals surface area contributed by atoms with Gasteiger partial charge in [-0.05, 0) is 71.1 Å². The zero-order valence-corrected chi connectivity index (χ0v) is 36.3. The lowest BCUT2D eigenvalue weighted by Crippen LogP contribution is -2.66. The van der Waals surface area contributed by atoms with Crippen LogP contribution in [0.4, 0.5) is 31.1 Å². The van der Waals surface area contributed by atoms with Gasteiger partial charge in [0, 0.05) is 24.5 Å². The van der Waals surface area contributed by atoms with E-state index in [1.54, 1.807) is 19.1 Å². The second-order valence-corrected chi connectivity index (χ2v) is 19.9. The van der Waals surface area contributed by atoms with E-state index < -0.39 is 117 Å². The Bertz CT molecular complexity index is 2310. The highest BCUT2D eigenvalue weighted by Gasteiger charge is 2.64. The smallest absolute Gasteiger partial charge is 0.438 e. The number of fused-ring (bicyclic) bond motifs is 3. The Hall–Kier alpha value is -5.09. The minimum absolute atomic E-state index is 0.0372. The summed E-state index contributed by atoms with van der Waals surface area (Å²) in [4.78, 5) is 65.1. The Labute approximate surface area is 359 Å². The van der Waals surface area contributed by atoms with Crippen molar-refractivity contribution in [2.45, 2.75) is 126 Å². The van der Waals surface area contributed by atoms with Gasteiger partial charge in [-0.1, -0.05) is 26.0 Å². The zero-order valence-electron chi connectivity index (χ0n) is 35.5. The number of halogens is 6. The van der Waals surface area contributed by atoms with Crippen molar-refractivity contribution in [1.29, 1.82) is 0 Å². The number of carbonyl (C=O) groups is 4. The number of aromatic nitrogens is 2. The molecule has 63 heavy (non-hydrogen) atoms. The Morgan fingerprint density at radius 3 is 2.21 bits per heavy atom. The highest BCUT2D eigenvalue weighted by Crippen LogP contribution is 2.48. The van der Waals surface area contributed by atoms with Gasteiger partial charge in [0.1, 0.15) is 29.3 Å². The fourth-order valence-corrected chi connectivity index (χ4v) is 9.70. The molecule has 0 unspecified atom stereocenters. The van der Waals surface area contributed by atoms with Gasteiger partial charge in [0.25, 0.3) is 5.91 Å². The van der Waals surface area contributed by atoms with E-state index in [2.05, 4.69) is 20.0 Å². The van der Waals surface area contributed by atoms with Crippen molar-refractivity contribution in [2.24, 2.45) is 17.8 Å². The number of ether oxygens (including phenoxy) is 3. The van der Waals surface area contributed by atoms with Crippen LogP contribution in [0.3, 0.4) is 0 Å². The minimum atomic E-state index is -5.18. The molecule has 1 saturated heterocycles. The summed E-state index contributed by atoms with van der Waals surface area (Å²) in [7, 11) is -2.06. The third kappa shape index (κ3) is 9.02. The fraction of sp³-hybridized carbons (Fsp3) is 0.650. The quantitative estimate of drug-likeness (QED) is 0.208. The second kappa shape index (κ2) is 16.5. The maximum atomic E-state index is 15.0. The standard InChI is InChI=1S/C40H50F6N6O10S/c1-20-10-8-9-11-22-18-38(22,34(55)50-63(58,59)37(5)12-13-37)49-31(53)26-15-23(19-51(26)33(54)29(21(2)14-20)52(35(56)57)36(3,4)40(44,45)46)62-28-17-25-24(16-27(28)60-6)47-30(39(41,42)43)32(48-25)61-7/h9,11,16-17,20-23,26,29H,8,10,12-15,18-19H2,1-7H3,(H,49,53)(H,50,55)(H,56,57)/b11-9-/t20-,21+,22+,23+,26-,29-,38+/m0/s1. The molecule has 6 rings (SSSR count). The summed E-state index contributed by atoms with van der Waals surface area (Å²) < 4.78 is 129. The van der Waals surface area contributed by atoms with Crippen LogP contribution >= 0.6 is 0 Å². The number of nitrogens with one attached hydrogen (secondary N) is 2. The number of amides is 4. The van der Waals surface area contributed by atoms with Crippen molar-refractivity contribution in [2.75, 3.05) is 20.8 Å². The zero-order chi connectivity index (χ0) is 46.8. The van der Waals surface area contributed by atoms with Crippen LogP contribution < -0.4 is 24.2 Å². The lowest BCUT2D eigenvalue weighted by atomic mass is 9.85. The fourth-order valence-electron chi connectivity index (χ4n) is 8.39. The number of carboxylic acid groups (broad SMARTS) is 1. The SMILES string of the molecule is COc1cc2nc(C(F)(F)F)c(OC)nc2cc1O[C@@H]1C[C@H]2C(=O)N[C@]3(C(=O)NS(=O)(=O)C4(C)CC4)C[C@H]3/C=C\CC[C@H](C)C[C@@H](C)[C@H](N(C(=O)O)C(C)(C)C(F)(F)F)C(=O)N2C1. The predicted octanol–water partition coefficient (Wildman–Crippen LogP) is 5.59. The summed E-state index contributed by atoms with van der Waals surface area (Å²) in [6.07, 6.45) is -8.93. The average Bonchev–Trinajstić information content (AvgIpc) is 4.06. The first-order valence-corrected chi connectivity index (χ1v) is 21.7. The van der Waals surface area contributed by atoms with Crippen LogP contribution in [0, 0.1) is 17.8 Å². The number of sulfonamides is 1. The summed E-state index contributed by atoms with van der Waals surface area (Å²) in [6.45, 7) is 5.40. The molecule has 4 aliphatic rings. The molecule has 4 amide bonds. The number of hydrogen-bond acceptors (Lipinski definition) is 11. The first kappa shape index (κ1) is 47.4. The minimum Gasteiger partial charge on any atom is -0.493 e. The molecule has 0 spiro atoms. The molecule has 23 heteroatoms. The number of benzene rings is 1. The van der Waals surface area contributed by atoms with E-state index in [1.807, 2.05) is 0 Å². The number of hydrogen-bond donors (Lipinski definition) is 3. The van der Waals surface area contributed by atoms with Crippen molar-refractivity contribution < 1.29 is 73.3 Å². The Balaban J connectivity index is 1.44. The van der Waals surface area contributed by atoms with Gasteiger partial charge >= 0.3 is 18.4 Å². The predicted molar refractivity (Wildman–Crippen MR) is 211 cm³/mol. The molecule has 2 aliphatic carbocycles. The van der Waals surface area contributed by atoms with Crippen molar-refractivity contribution in [1.82, 2.24) is 29.8 Å². The molecule has 3 N–H and O–H groups in total. The van der Waals surface area contributed by atoms with Crippen LogP contribution in [0.1, 0.15) is 85.3 Å². The summed E-state index contributed by atoms with van der Waals surface area (Å²) in [5.41, 5.74) is -6.79. The van der Waals surface area contributed by atoms with Gasteiger partial charge < -0.3 is 29.5 Å². The molecule has 0 bridgehead atoms. The first-order chi connectivity index (χ1) is 29.1. The van der Waals surface area contributed by atoms with Gasteiger partial charge in [-0.2, -0.15) is 26.3 Å². The Morgan fingerprint density at radius 1 is 1.00 bits per heavy atom. The van der Waals surface area contributed by atoms with Crippen LogP contribution in [0.5, 0.6) is 17.4 Å². The number of alkyl halides is 6. The van der Waals surface area contributed by atoms with E-state index in [0.29, 0.717) is 39.5 Å². The summed E-state index contributed by atoms with van der Waals surface area (Å²) >= 11 is 0. The van der Waals surface area contributed by atoms with Crippen LogP contribution in [0.15, 0.2) is 24.3 Å². The molecule has 2 saturated carbocycles. The van der Waals surface area contributed by atoms with E-state index in [9.17, 15) is 54.3 Å². The van der Waals surface area contributed by atoms with Crippen LogP contribution in [-0.2, 0) is 30.6 Å². The lowest BCUT2D eigenvalue weighted by molar-refractivity contribution is -0.222. The highest BCUT2D eigenvalue weighted by molar-refractivity contribution is 7.91. The lowest BCUT2D eigenvalue weighted by Gasteiger charge is -2.45. The normalized spacial score (nSPS) is 28.4. The molecule has 0 radical (unpaired) electrons. The first-order valence-electron chi connectivity index (χ1n) is 20.2. The van der Waals surface area contributed by atoms with Crippen molar-refractivity contribution in [3.63, 3.8) is 0 Å². The molecule has 2 aromatic rings. The average molecular weight is 921 g/mol. The number of rotatable bonds is 9. The third-order valence-electron chi connectivity index (χ3n) is 12.7. The largest absolute Gasteiger partial charge is 0.493 e. The van der Waals surface area contributed by atoms with Crippen LogP contribution in [0.2, 0.25) is 0 Å². The van der Waals surface area contributed by atoms with E-state index in [-0.39, 0.29) is 46.2 Å². The molecule has 1 aromatic heterocycles. The molecule has 3 fully saturated rings. The van der Waals surface area contributed by atoms with Crippen molar-refractivity contribution in [3.05, 3.63) is 30.0 Å². The van der Waals surface area contributed by atoms with Gasteiger partial charge in [-0.15, -0.1) is 0 Å². The molecule has 16 nitrogen and oxygen atoms in total. The summed E-state index contributed by atoms with van der Waals surface area (Å²) in [6, 6.07) is -1.39. The highest BCUT2D eigenvalue weighted by atomic mass is 32.2. The molecular weight excluding hydrogens is 871 g/mol. The third-order valence-corrected chi connectivity index (χ3v) is 14.8. The summed E-state index contributed by atoms with van der Waals surface area (Å²) in [5, 5.41) is 13.1. The van der Waals surface area contributed by atoms with Gasteiger partial charge in [0.15, 0.2) is 11.5 Å². The Kier molecular flexibility index (Phi) is 12.4. The van der Waals surface area contributed by atoms with Gasteiger partial charge in [-0.3, -0.25) is 24.0 Å². The number of carbonyl (C=O) groups excluding carboxylic acids is 3. The number of allylic oxidation sites excluding steroid dienone is 1. The van der Waals surface area contributed by atoms with Gasteiger partial charge in [-0.25, -0.2) is 23.2 Å². The van der Waals surface area contributed by atoms with Gasteiger partial charge in [0.2, 0.25) is 33.4 Å². The monoisotopic (exact) mass is 920 g/mol. The van der Waals surface area contributed by atoms with E-state index in [1.165, 1.54) is 27.0 Å². The van der Waals surface area contributed by atoms with Crippen molar-refractivity contribution in [3.8, 4) is 17.4 Å². The van der Waals surface area contributed by atoms with E-state index >= 15 is 4.79 Å². The number of nitrogens with zero attached hydrogens (tertiary/aromatic N) is 4. The van der Waals surface area contributed by atoms with Gasteiger partial charge in [0.05, 0.1) is 36.5 Å². The summed E-state index contributed by atoms with van der Waals surface area (Å²) in [5.74, 6) is -6.41. The molecular formula is C40H50F6N6O10S. The molecule has 348 valence electrons. The molecule has 2 aliphatic heterocycles. The van der Waals surface area contributed by atoms with Crippen LogP contribution in [-0.4, -0.2) is 118 Å². The molecule has 7 atom stereocenters.